The first-order valence-electron chi connectivity index (χ1n) is 8.63. The third-order valence-electron chi connectivity index (χ3n) is 4.68. The maximum Gasteiger partial charge on any atom is 0.326 e. The predicted molar refractivity (Wildman–Crippen MR) is 91.3 cm³/mol. The molecule has 0 saturated carbocycles. The molecule has 1 N–H and O–H groups in total. The summed E-state index contributed by atoms with van der Waals surface area (Å²) in [5.41, 5.74) is 0.307. The molecule has 7 nitrogen and oxygen atoms in total. The number of hydrogen-bond donors (Lipinski definition) is 1. The first-order valence-corrected chi connectivity index (χ1v) is 8.63. The van der Waals surface area contributed by atoms with Crippen LogP contribution in [0.25, 0.3) is 0 Å². The molecular formula is C19H19FN2O5. The Bertz CT molecular complexity index is 781. The molecule has 1 heterocycles. The summed E-state index contributed by atoms with van der Waals surface area (Å²) in [6.45, 7) is -1.12. The van der Waals surface area contributed by atoms with Gasteiger partial charge in [-0.3, -0.25) is 24.1 Å². The Morgan fingerprint density at radius 3 is 2.37 bits per heavy atom. The number of benzene rings is 1. The minimum atomic E-state index is -0.843. The van der Waals surface area contributed by atoms with Gasteiger partial charge in [-0.25, -0.2) is 4.39 Å². The van der Waals surface area contributed by atoms with Gasteiger partial charge in [-0.1, -0.05) is 30.4 Å². The SMILES string of the molecule is O=C(COC(=O)CN1C(=O)[C@H]2CC=CC[C@@H]2C1=O)NCc1ccccc1F. The summed E-state index contributed by atoms with van der Waals surface area (Å²) < 4.78 is 18.3. The lowest BCUT2D eigenvalue weighted by Gasteiger charge is -2.14. The lowest BCUT2D eigenvalue weighted by molar-refractivity contribution is -0.154. The monoisotopic (exact) mass is 374 g/mol. The number of imide groups is 1. The smallest absolute Gasteiger partial charge is 0.326 e. The molecule has 1 aliphatic carbocycles. The number of allylic oxidation sites excluding steroid dienone is 2. The molecule has 0 spiro atoms. The Labute approximate surface area is 155 Å². The van der Waals surface area contributed by atoms with Crippen molar-refractivity contribution < 1.29 is 28.3 Å². The number of amides is 3. The summed E-state index contributed by atoms with van der Waals surface area (Å²) >= 11 is 0. The lowest BCUT2D eigenvalue weighted by Crippen LogP contribution is -2.38. The summed E-state index contributed by atoms with van der Waals surface area (Å²) in [6, 6.07) is 5.98. The minimum Gasteiger partial charge on any atom is -0.454 e. The Morgan fingerprint density at radius 1 is 1.11 bits per heavy atom. The van der Waals surface area contributed by atoms with Crippen LogP contribution in [-0.4, -0.2) is 41.7 Å². The lowest BCUT2D eigenvalue weighted by atomic mass is 9.85. The van der Waals surface area contributed by atoms with Crippen LogP contribution in [-0.2, 0) is 30.5 Å². The maximum atomic E-state index is 13.5. The van der Waals surface area contributed by atoms with E-state index in [4.69, 9.17) is 4.74 Å². The Hall–Kier alpha value is -3.03. The van der Waals surface area contributed by atoms with Gasteiger partial charge in [0.2, 0.25) is 11.8 Å². The Kier molecular flexibility index (Phi) is 5.63. The van der Waals surface area contributed by atoms with Crippen LogP contribution in [0.15, 0.2) is 36.4 Å². The molecule has 3 amide bonds. The highest BCUT2D eigenvalue weighted by Crippen LogP contribution is 2.34. The Morgan fingerprint density at radius 2 is 1.74 bits per heavy atom. The molecule has 1 saturated heterocycles. The van der Waals surface area contributed by atoms with Crippen molar-refractivity contribution in [3.63, 3.8) is 0 Å². The van der Waals surface area contributed by atoms with Crippen molar-refractivity contribution in [2.75, 3.05) is 13.2 Å². The van der Waals surface area contributed by atoms with Crippen LogP contribution >= 0.6 is 0 Å². The number of ether oxygens (including phenoxy) is 1. The van der Waals surface area contributed by atoms with E-state index in [0.29, 0.717) is 18.4 Å². The first kappa shape index (κ1) is 18.8. The van der Waals surface area contributed by atoms with Gasteiger partial charge in [-0.2, -0.15) is 0 Å². The second kappa shape index (κ2) is 8.11. The second-order valence-corrected chi connectivity index (χ2v) is 6.45. The third kappa shape index (κ3) is 4.21. The molecule has 3 rings (SSSR count). The quantitative estimate of drug-likeness (QED) is 0.454. The van der Waals surface area contributed by atoms with Gasteiger partial charge < -0.3 is 10.1 Å². The predicted octanol–water partition coefficient (Wildman–Crippen LogP) is 0.936. The first-order chi connectivity index (χ1) is 13.0. The number of nitrogens with zero attached hydrogens (tertiary/aromatic N) is 1. The van der Waals surface area contributed by atoms with Gasteiger partial charge in [0.05, 0.1) is 11.8 Å². The largest absolute Gasteiger partial charge is 0.454 e. The number of fused-ring (bicyclic) bond motifs is 1. The normalized spacial score (nSPS) is 21.1. The van der Waals surface area contributed by atoms with E-state index in [2.05, 4.69) is 5.32 Å². The number of esters is 1. The molecule has 1 aromatic rings. The summed E-state index contributed by atoms with van der Waals surface area (Å²) in [7, 11) is 0. The molecule has 0 radical (unpaired) electrons. The van der Waals surface area contributed by atoms with Crippen LogP contribution in [0, 0.1) is 17.7 Å². The van der Waals surface area contributed by atoms with Crippen molar-refractivity contribution in [2.24, 2.45) is 11.8 Å². The van der Waals surface area contributed by atoms with Gasteiger partial charge in [0.1, 0.15) is 12.4 Å². The van der Waals surface area contributed by atoms with E-state index >= 15 is 0 Å². The molecular weight excluding hydrogens is 355 g/mol. The maximum absolute atomic E-state index is 13.5. The van der Waals surface area contributed by atoms with Crippen LogP contribution in [0.3, 0.4) is 0 Å². The molecule has 0 unspecified atom stereocenters. The van der Waals surface area contributed by atoms with Crippen LogP contribution in [0.5, 0.6) is 0 Å². The van der Waals surface area contributed by atoms with Crippen LogP contribution in [0.4, 0.5) is 4.39 Å². The van der Waals surface area contributed by atoms with E-state index < -0.39 is 42.7 Å². The molecule has 0 bridgehead atoms. The van der Waals surface area contributed by atoms with Gasteiger partial charge in [0, 0.05) is 12.1 Å². The standard InChI is InChI=1S/C19H19FN2O5/c20-15-8-4-1-5-12(15)9-21-16(23)11-27-17(24)10-22-18(25)13-6-2-3-7-14(13)19(22)26/h1-5,8,13-14H,6-7,9-11H2,(H,21,23)/t13-,14-/m0/s1. The minimum absolute atomic E-state index is 0.0392. The number of likely N-dealkylation sites (tertiary alicyclic amines) is 1. The zero-order chi connectivity index (χ0) is 19.4. The average Bonchev–Trinajstić information content (AvgIpc) is 2.91. The summed E-state index contributed by atoms with van der Waals surface area (Å²) in [6.07, 6.45) is 4.68. The number of halogens is 1. The van der Waals surface area contributed by atoms with Crippen molar-refractivity contribution in [3.05, 3.63) is 47.8 Å². The fourth-order valence-electron chi connectivity index (χ4n) is 3.23. The van der Waals surface area contributed by atoms with E-state index in [0.717, 1.165) is 4.90 Å². The van der Waals surface area contributed by atoms with Gasteiger partial charge in [-0.15, -0.1) is 0 Å². The number of nitrogens with one attached hydrogen (secondary N) is 1. The molecule has 0 aromatic heterocycles. The number of hydrogen-bond acceptors (Lipinski definition) is 5. The fraction of sp³-hybridized carbons (Fsp3) is 0.368. The van der Waals surface area contributed by atoms with Gasteiger partial charge in [-0.05, 0) is 18.9 Å². The van der Waals surface area contributed by atoms with Crippen molar-refractivity contribution in [3.8, 4) is 0 Å². The molecule has 8 heteroatoms. The molecule has 142 valence electrons. The van der Waals surface area contributed by atoms with Crippen molar-refractivity contribution in [1.82, 2.24) is 10.2 Å². The van der Waals surface area contributed by atoms with Gasteiger partial charge in [0.15, 0.2) is 6.61 Å². The zero-order valence-electron chi connectivity index (χ0n) is 14.5. The molecule has 1 aliphatic heterocycles. The van der Waals surface area contributed by atoms with Crippen LogP contribution in [0.1, 0.15) is 18.4 Å². The fourth-order valence-corrected chi connectivity index (χ4v) is 3.23. The topological polar surface area (TPSA) is 92.8 Å². The third-order valence-corrected chi connectivity index (χ3v) is 4.68. The van der Waals surface area contributed by atoms with Crippen molar-refractivity contribution >= 4 is 23.7 Å². The number of carbonyl (C=O) groups is 4. The summed E-state index contributed by atoms with van der Waals surface area (Å²) in [5, 5.41) is 2.44. The summed E-state index contributed by atoms with van der Waals surface area (Å²) in [5.74, 6) is -3.49. The second-order valence-electron chi connectivity index (χ2n) is 6.45. The van der Waals surface area contributed by atoms with E-state index in [1.54, 1.807) is 6.07 Å². The highest BCUT2D eigenvalue weighted by Gasteiger charge is 2.47. The van der Waals surface area contributed by atoms with Gasteiger partial charge >= 0.3 is 5.97 Å². The van der Waals surface area contributed by atoms with Crippen molar-refractivity contribution in [1.29, 1.82) is 0 Å². The molecule has 27 heavy (non-hydrogen) atoms. The van der Waals surface area contributed by atoms with Crippen molar-refractivity contribution in [2.45, 2.75) is 19.4 Å². The molecule has 2 aliphatic rings. The zero-order valence-corrected chi connectivity index (χ0v) is 14.5. The van der Waals surface area contributed by atoms with E-state index in [-0.39, 0.29) is 18.4 Å². The number of carbonyl (C=O) groups excluding carboxylic acids is 4. The average molecular weight is 374 g/mol. The van der Waals surface area contributed by atoms with Crippen LogP contribution < -0.4 is 5.32 Å². The van der Waals surface area contributed by atoms with E-state index in [1.807, 2.05) is 12.2 Å². The molecule has 1 aromatic carbocycles. The van der Waals surface area contributed by atoms with Crippen LogP contribution in [0.2, 0.25) is 0 Å². The highest BCUT2D eigenvalue weighted by atomic mass is 19.1. The number of rotatable bonds is 6. The van der Waals surface area contributed by atoms with E-state index in [9.17, 15) is 23.6 Å². The molecule has 1 fully saturated rings. The van der Waals surface area contributed by atoms with Gasteiger partial charge in [0.25, 0.3) is 5.91 Å². The molecule has 2 atom stereocenters. The highest BCUT2D eigenvalue weighted by molar-refractivity contribution is 6.07. The Balaban J connectivity index is 1.44. The summed E-state index contributed by atoms with van der Waals surface area (Å²) in [4.78, 5) is 49.1. The van der Waals surface area contributed by atoms with E-state index in [1.165, 1.54) is 18.2 Å².